The van der Waals surface area contributed by atoms with Crippen LogP contribution in [0.25, 0.3) is 0 Å². The van der Waals surface area contributed by atoms with Crippen molar-refractivity contribution < 1.29 is 21.2 Å². The van der Waals surface area contributed by atoms with Crippen molar-refractivity contribution in [3.8, 4) is 0 Å². The van der Waals surface area contributed by atoms with Gasteiger partial charge < -0.3 is 0 Å². The fourth-order valence-corrected chi connectivity index (χ4v) is 3.81. The Bertz CT molecular complexity index is 643. The topological polar surface area (TPSA) is 80.3 Å². The average Bonchev–Trinajstić information content (AvgIpc) is 2.13. The monoisotopic (exact) mass is 359 g/mol. The first-order chi connectivity index (χ1) is 8.12. The van der Waals surface area contributed by atoms with E-state index < -0.39 is 25.7 Å². The average molecular weight is 360 g/mol. The van der Waals surface area contributed by atoms with E-state index in [-0.39, 0.29) is 21.7 Å². The minimum atomic E-state index is -3.86. The molecule has 102 valence electrons. The molecule has 5 nitrogen and oxygen atoms in total. The van der Waals surface area contributed by atoms with E-state index in [0.29, 0.717) is 0 Å². The molecular formula is C9H11BrFNO4S2. The lowest BCUT2D eigenvalue weighted by Gasteiger charge is -2.07. The predicted octanol–water partition coefficient (Wildman–Crippen LogP) is 0.911. The van der Waals surface area contributed by atoms with Gasteiger partial charge in [-0.2, -0.15) is 0 Å². The molecule has 18 heavy (non-hydrogen) atoms. The summed E-state index contributed by atoms with van der Waals surface area (Å²) in [5.41, 5.74) is 0. The SMILES string of the molecule is CS(=O)(=O)CCNS(=O)(=O)c1ccc(F)cc1Br. The Morgan fingerprint density at radius 1 is 1.28 bits per heavy atom. The van der Waals surface area contributed by atoms with Crippen LogP contribution in [0.1, 0.15) is 0 Å². The molecule has 0 bridgehead atoms. The molecule has 0 aliphatic heterocycles. The summed E-state index contributed by atoms with van der Waals surface area (Å²) >= 11 is 2.94. The van der Waals surface area contributed by atoms with Crippen LogP contribution in [0.3, 0.4) is 0 Å². The Morgan fingerprint density at radius 2 is 1.89 bits per heavy atom. The molecule has 1 aromatic rings. The van der Waals surface area contributed by atoms with Crippen molar-refractivity contribution in [1.82, 2.24) is 4.72 Å². The lowest BCUT2D eigenvalue weighted by molar-refractivity contribution is 0.580. The van der Waals surface area contributed by atoms with Crippen molar-refractivity contribution in [3.63, 3.8) is 0 Å². The van der Waals surface area contributed by atoms with Crippen molar-refractivity contribution in [2.75, 3.05) is 18.6 Å². The Kier molecular flexibility index (Phi) is 4.87. The van der Waals surface area contributed by atoms with Gasteiger partial charge in [0.05, 0.1) is 10.6 Å². The Hall–Kier alpha value is -0.510. The van der Waals surface area contributed by atoms with Gasteiger partial charge >= 0.3 is 0 Å². The molecule has 0 radical (unpaired) electrons. The van der Waals surface area contributed by atoms with Gasteiger partial charge in [0.2, 0.25) is 10.0 Å². The lowest BCUT2D eigenvalue weighted by Crippen LogP contribution is -2.29. The third kappa shape index (κ3) is 4.63. The van der Waals surface area contributed by atoms with Crippen molar-refractivity contribution in [3.05, 3.63) is 28.5 Å². The zero-order valence-corrected chi connectivity index (χ0v) is 12.6. The highest BCUT2D eigenvalue weighted by molar-refractivity contribution is 9.10. The molecule has 0 atom stereocenters. The number of nitrogens with one attached hydrogen (secondary N) is 1. The van der Waals surface area contributed by atoms with E-state index in [1.165, 1.54) is 0 Å². The Balaban J connectivity index is 2.87. The second-order valence-corrected chi connectivity index (χ2v) is 8.45. The quantitative estimate of drug-likeness (QED) is 0.847. The molecule has 0 aromatic heterocycles. The molecule has 1 rings (SSSR count). The van der Waals surface area contributed by atoms with E-state index >= 15 is 0 Å². The van der Waals surface area contributed by atoms with Gasteiger partial charge in [-0.3, -0.25) is 0 Å². The highest BCUT2D eigenvalue weighted by Gasteiger charge is 2.18. The van der Waals surface area contributed by atoms with Gasteiger partial charge in [0.1, 0.15) is 15.7 Å². The maximum Gasteiger partial charge on any atom is 0.241 e. The third-order valence-electron chi connectivity index (χ3n) is 1.95. The molecule has 0 fully saturated rings. The van der Waals surface area contributed by atoms with Gasteiger partial charge in [0, 0.05) is 17.3 Å². The maximum absolute atomic E-state index is 12.8. The van der Waals surface area contributed by atoms with E-state index in [1.807, 2.05) is 0 Å². The molecule has 0 aliphatic carbocycles. The van der Waals surface area contributed by atoms with E-state index in [0.717, 1.165) is 24.5 Å². The van der Waals surface area contributed by atoms with Gasteiger partial charge in [-0.25, -0.2) is 25.9 Å². The van der Waals surface area contributed by atoms with Gasteiger partial charge in [0.25, 0.3) is 0 Å². The minimum Gasteiger partial charge on any atom is -0.229 e. The van der Waals surface area contributed by atoms with Crippen molar-refractivity contribution in [2.24, 2.45) is 0 Å². The highest BCUT2D eigenvalue weighted by Crippen LogP contribution is 2.22. The summed E-state index contributed by atoms with van der Waals surface area (Å²) in [7, 11) is -7.10. The molecule has 0 saturated carbocycles. The number of hydrogen-bond acceptors (Lipinski definition) is 4. The van der Waals surface area contributed by atoms with Crippen molar-refractivity contribution >= 4 is 35.8 Å². The normalized spacial score (nSPS) is 12.6. The summed E-state index contributed by atoms with van der Waals surface area (Å²) in [6.07, 6.45) is 1.01. The summed E-state index contributed by atoms with van der Waals surface area (Å²) in [6, 6.07) is 3.13. The van der Waals surface area contributed by atoms with Crippen LogP contribution in [0.15, 0.2) is 27.6 Å². The first kappa shape index (κ1) is 15.5. The molecule has 0 heterocycles. The largest absolute Gasteiger partial charge is 0.241 e. The minimum absolute atomic E-state index is 0.0781. The summed E-state index contributed by atoms with van der Waals surface area (Å²) < 4.78 is 60.4. The number of sulfonamides is 1. The molecule has 1 aromatic carbocycles. The van der Waals surface area contributed by atoms with Gasteiger partial charge in [-0.1, -0.05) is 0 Å². The Labute approximate surface area is 113 Å². The molecule has 0 unspecified atom stereocenters. The molecule has 1 N–H and O–H groups in total. The van der Waals surface area contributed by atoms with Crippen molar-refractivity contribution in [1.29, 1.82) is 0 Å². The Morgan fingerprint density at radius 3 is 2.39 bits per heavy atom. The zero-order chi connectivity index (χ0) is 14.0. The van der Waals surface area contributed by atoms with Gasteiger partial charge in [-0.05, 0) is 34.1 Å². The van der Waals surface area contributed by atoms with E-state index in [4.69, 9.17) is 0 Å². The molecular weight excluding hydrogens is 349 g/mol. The van der Waals surface area contributed by atoms with Crippen LogP contribution < -0.4 is 4.72 Å². The second-order valence-electron chi connectivity index (χ2n) is 3.60. The number of benzene rings is 1. The van der Waals surface area contributed by atoms with E-state index in [2.05, 4.69) is 20.7 Å². The van der Waals surface area contributed by atoms with Crippen LogP contribution in [-0.2, 0) is 19.9 Å². The van der Waals surface area contributed by atoms with Crippen LogP contribution in [0, 0.1) is 5.82 Å². The maximum atomic E-state index is 12.8. The lowest BCUT2D eigenvalue weighted by atomic mass is 10.3. The van der Waals surface area contributed by atoms with Crippen molar-refractivity contribution in [2.45, 2.75) is 4.90 Å². The number of rotatable bonds is 5. The first-order valence-electron chi connectivity index (χ1n) is 4.74. The van der Waals surface area contributed by atoms with E-state index in [1.54, 1.807) is 0 Å². The van der Waals surface area contributed by atoms with Crippen LogP contribution in [0.4, 0.5) is 4.39 Å². The highest BCUT2D eigenvalue weighted by atomic mass is 79.9. The van der Waals surface area contributed by atoms with Gasteiger partial charge in [-0.15, -0.1) is 0 Å². The van der Waals surface area contributed by atoms with Crippen LogP contribution in [0.5, 0.6) is 0 Å². The van der Waals surface area contributed by atoms with Gasteiger partial charge in [0.15, 0.2) is 0 Å². The summed E-state index contributed by atoms with van der Waals surface area (Å²) in [5.74, 6) is -0.873. The first-order valence-corrected chi connectivity index (χ1v) is 9.08. The summed E-state index contributed by atoms with van der Waals surface area (Å²) in [4.78, 5) is -0.141. The predicted molar refractivity (Wildman–Crippen MR) is 69.0 cm³/mol. The fraction of sp³-hybridized carbons (Fsp3) is 0.333. The summed E-state index contributed by atoms with van der Waals surface area (Å²) in [6.45, 7) is -0.231. The molecule has 0 spiro atoms. The molecule has 0 aliphatic rings. The molecule has 0 amide bonds. The molecule has 9 heteroatoms. The number of halogens is 2. The smallest absolute Gasteiger partial charge is 0.229 e. The fourth-order valence-electron chi connectivity index (χ4n) is 1.13. The zero-order valence-electron chi connectivity index (χ0n) is 9.35. The standard InChI is InChI=1S/C9H11BrFNO4S2/c1-17(13,14)5-4-12-18(15,16)9-3-2-7(11)6-8(9)10/h2-3,6,12H,4-5H2,1H3. The third-order valence-corrected chi connectivity index (χ3v) is 5.33. The number of hydrogen-bond donors (Lipinski definition) is 1. The van der Waals surface area contributed by atoms with Crippen LogP contribution in [0.2, 0.25) is 0 Å². The summed E-state index contributed by atoms with van der Waals surface area (Å²) in [5, 5.41) is 0. The van der Waals surface area contributed by atoms with Crippen LogP contribution >= 0.6 is 15.9 Å². The second kappa shape index (κ2) is 5.64. The number of sulfone groups is 1. The molecule has 0 saturated heterocycles. The van der Waals surface area contributed by atoms with Crippen LogP contribution in [-0.4, -0.2) is 35.4 Å². The van der Waals surface area contributed by atoms with E-state index in [9.17, 15) is 21.2 Å².